The van der Waals surface area contributed by atoms with Crippen LogP contribution in [0.15, 0.2) is 30.3 Å². The second-order valence-corrected chi connectivity index (χ2v) is 5.73. The van der Waals surface area contributed by atoms with Gasteiger partial charge in [0.2, 0.25) is 11.0 Å². The van der Waals surface area contributed by atoms with E-state index in [1.54, 1.807) is 0 Å². The van der Waals surface area contributed by atoms with Gasteiger partial charge in [0.05, 0.1) is 0 Å². The molecule has 106 valence electrons. The lowest BCUT2D eigenvalue weighted by atomic mass is 10.2. The topological polar surface area (TPSA) is 54.9 Å². The molecule has 0 fully saturated rings. The summed E-state index contributed by atoms with van der Waals surface area (Å²) in [6.45, 7) is 2.12. The number of nitrogens with one attached hydrogen (secondary N) is 1. The summed E-state index contributed by atoms with van der Waals surface area (Å²) in [6.07, 6.45) is 4.44. The van der Waals surface area contributed by atoms with E-state index < -0.39 is 0 Å². The molecule has 0 bridgehead atoms. The third-order valence-corrected chi connectivity index (χ3v) is 3.76. The molecule has 0 radical (unpaired) electrons. The van der Waals surface area contributed by atoms with E-state index in [1.165, 1.54) is 16.9 Å². The summed E-state index contributed by atoms with van der Waals surface area (Å²) >= 11 is 1.44. The van der Waals surface area contributed by atoms with Crippen LogP contribution in [0.1, 0.15) is 43.2 Å². The number of hydrogen-bond acceptors (Lipinski definition) is 4. The third-order valence-electron chi connectivity index (χ3n) is 2.92. The molecule has 0 unspecified atom stereocenters. The summed E-state index contributed by atoms with van der Waals surface area (Å²) < 4.78 is 0. The molecular weight excluding hydrogens is 270 g/mol. The van der Waals surface area contributed by atoms with Crippen LogP contribution in [0, 0.1) is 0 Å². The molecular formula is C15H19N3OS. The lowest BCUT2D eigenvalue weighted by Gasteiger charge is -1.99. The Kier molecular flexibility index (Phi) is 5.68. The maximum absolute atomic E-state index is 11.7. The van der Waals surface area contributed by atoms with Gasteiger partial charge in [-0.05, 0) is 12.0 Å². The summed E-state index contributed by atoms with van der Waals surface area (Å²) in [4.78, 5) is 11.7. The lowest BCUT2D eigenvalue weighted by Crippen LogP contribution is -2.10. The van der Waals surface area contributed by atoms with Gasteiger partial charge in [0.15, 0.2) is 0 Å². The van der Waals surface area contributed by atoms with Gasteiger partial charge < -0.3 is 5.32 Å². The van der Waals surface area contributed by atoms with Crippen LogP contribution < -0.4 is 5.32 Å². The molecule has 0 aliphatic heterocycles. The first kappa shape index (κ1) is 14.7. The van der Waals surface area contributed by atoms with Gasteiger partial charge in [-0.15, -0.1) is 10.2 Å². The van der Waals surface area contributed by atoms with Crippen molar-refractivity contribution in [1.29, 1.82) is 0 Å². The van der Waals surface area contributed by atoms with Crippen molar-refractivity contribution >= 4 is 22.4 Å². The van der Waals surface area contributed by atoms with E-state index >= 15 is 0 Å². The quantitative estimate of drug-likeness (QED) is 0.792. The number of aromatic nitrogens is 2. The molecule has 0 saturated carbocycles. The molecule has 1 aromatic heterocycles. The number of hydrogen-bond donors (Lipinski definition) is 1. The van der Waals surface area contributed by atoms with Crippen LogP contribution in [0.4, 0.5) is 5.13 Å². The summed E-state index contributed by atoms with van der Waals surface area (Å²) in [7, 11) is 0. The Bertz CT molecular complexity index is 539. The molecule has 0 aliphatic rings. The van der Waals surface area contributed by atoms with E-state index in [4.69, 9.17) is 0 Å². The summed E-state index contributed by atoms with van der Waals surface area (Å²) in [5.41, 5.74) is 1.20. The van der Waals surface area contributed by atoms with Gasteiger partial charge in [0, 0.05) is 12.8 Å². The maximum atomic E-state index is 11.7. The summed E-state index contributed by atoms with van der Waals surface area (Å²) in [5, 5.41) is 12.5. The molecule has 0 spiro atoms. The molecule has 4 nitrogen and oxygen atoms in total. The number of nitrogens with zero attached hydrogens (tertiary/aromatic N) is 2. The van der Waals surface area contributed by atoms with Crippen molar-refractivity contribution in [2.45, 2.75) is 39.0 Å². The highest BCUT2D eigenvalue weighted by Crippen LogP contribution is 2.18. The average molecular weight is 289 g/mol. The van der Waals surface area contributed by atoms with Gasteiger partial charge in [-0.2, -0.15) is 0 Å². The van der Waals surface area contributed by atoms with Crippen LogP contribution in [0.5, 0.6) is 0 Å². The van der Waals surface area contributed by atoms with Gasteiger partial charge in [-0.25, -0.2) is 0 Å². The Labute approximate surface area is 123 Å². The number of carbonyl (C=O) groups excluding carboxylic acids is 1. The Morgan fingerprint density at radius 1 is 1.20 bits per heavy atom. The molecule has 1 aromatic carbocycles. The SMILES string of the molecule is CCCCCC(=O)Nc1nnc(Cc2ccccc2)s1. The summed E-state index contributed by atoms with van der Waals surface area (Å²) in [5.74, 6) is 0.0286. The van der Waals surface area contributed by atoms with Crippen molar-refractivity contribution < 1.29 is 4.79 Å². The van der Waals surface area contributed by atoms with Crippen molar-refractivity contribution in [1.82, 2.24) is 10.2 Å². The van der Waals surface area contributed by atoms with Crippen LogP contribution in [-0.2, 0) is 11.2 Å². The maximum Gasteiger partial charge on any atom is 0.226 e. The fourth-order valence-corrected chi connectivity index (χ4v) is 2.65. The molecule has 0 aliphatic carbocycles. The Morgan fingerprint density at radius 3 is 2.75 bits per heavy atom. The zero-order chi connectivity index (χ0) is 14.2. The molecule has 5 heteroatoms. The molecule has 1 N–H and O–H groups in total. The van der Waals surface area contributed by atoms with E-state index in [1.807, 2.05) is 18.2 Å². The number of anilines is 1. The fourth-order valence-electron chi connectivity index (χ4n) is 1.86. The van der Waals surface area contributed by atoms with Crippen molar-refractivity contribution in [3.63, 3.8) is 0 Å². The fraction of sp³-hybridized carbons (Fsp3) is 0.400. The van der Waals surface area contributed by atoms with Crippen LogP contribution >= 0.6 is 11.3 Å². The van der Waals surface area contributed by atoms with Crippen molar-refractivity contribution in [3.8, 4) is 0 Å². The van der Waals surface area contributed by atoms with Crippen LogP contribution in [0.3, 0.4) is 0 Å². The highest BCUT2D eigenvalue weighted by atomic mass is 32.1. The van der Waals surface area contributed by atoms with E-state index in [0.29, 0.717) is 11.6 Å². The van der Waals surface area contributed by atoms with Crippen molar-refractivity contribution in [2.24, 2.45) is 0 Å². The minimum absolute atomic E-state index is 0.0286. The molecule has 0 atom stereocenters. The first-order valence-electron chi connectivity index (χ1n) is 6.94. The molecule has 1 heterocycles. The Balaban J connectivity index is 1.84. The molecule has 1 amide bonds. The molecule has 0 saturated heterocycles. The Morgan fingerprint density at radius 2 is 2.00 bits per heavy atom. The van der Waals surface area contributed by atoms with Crippen LogP contribution in [-0.4, -0.2) is 16.1 Å². The monoisotopic (exact) mass is 289 g/mol. The van der Waals surface area contributed by atoms with Crippen LogP contribution in [0.2, 0.25) is 0 Å². The van der Waals surface area contributed by atoms with Crippen molar-refractivity contribution in [2.75, 3.05) is 5.32 Å². The number of rotatable bonds is 7. The first-order valence-corrected chi connectivity index (χ1v) is 7.75. The minimum atomic E-state index is 0.0286. The molecule has 20 heavy (non-hydrogen) atoms. The van der Waals surface area contributed by atoms with Gasteiger partial charge >= 0.3 is 0 Å². The second kappa shape index (κ2) is 7.75. The number of unbranched alkanes of at least 4 members (excludes halogenated alkanes) is 2. The Hall–Kier alpha value is -1.75. The number of carbonyl (C=O) groups is 1. The van der Waals surface area contributed by atoms with Gasteiger partial charge in [-0.1, -0.05) is 61.4 Å². The van der Waals surface area contributed by atoms with Gasteiger partial charge in [0.25, 0.3) is 0 Å². The lowest BCUT2D eigenvalue weighted by molar-refractivity contribution is -0.116. The minimum Gasteiger partial charge on any atom is -0.301 e. The van der Waals surface area contributed by atoms with E-state index in [0.717, 1.165) is 30.7 Å². The average Bonchev–Trinajstić information content (AvgIpc) is 2.87. The predicted molar refractivity (Wildman–Crippen MR) is 81.9 cm³/mol. The first-order chi connectivity index (χ1) is 9.78. The normalized spacial score (nSPS) is 10.4. The van der Waals surface area contributed by atoms with E-state index in [9.17, 15) is 4.79 Å². The zero-order valence-electron chi connectivity index (χ0n) is 11.6. The van der Waals surface area contributed by atoms with Gasteiger partial charge in [0.1, 0.15) is 5.01 Å². The van der Waals surface area contributed by atoms with Crippen LogP contribution in [0.25, 0.3) is 0 Å². The highest BCUT2D eigenvalue weighted by Gasteiger charge is 2.08. The zero-order valence-corrected chi connectivity index (χ0v) is 12.4. The molecule has 2 aromatic rings. The van der Waals surface area contributed by atoms with E-state index in [2.05, 4.69) is 34.6 Å². The number of benzene rings is 1. The molecule has 2 rings (SSSR count). The van der Waals surface area contributed by atoms with Crippen molar-refractivity contribution in [3.05, 3.63) is 40.9 Å². The van der Waals surface area contributed by atoms with Gasteiger partial charge in [-0.3, -0.25) is 4.79 Å². The number of amides is 1. The largest absolute Gasteiger partial charge is 0.301 e. The second-order valence-electron chi connectivity index (χ2n) is 4.67. The summed E-state index contributed by atoms with van der Waals surface area (Å²) in [6, 6.07) is 10.1. The smallest absolute Gasteiger partial charge is 0.226 e. The third kappa shape index (κ3) is 4.74. The standard InChI is InChI=1S/C15H19N3OS/c1-2-3-5-10-13(19)16-15-18-17-14(20-15)11-12-8-6-4-7-9-12/h4,6-9H,2-3,5,10-11H2,1H3,(H,16,18,19). The van der Waals surface area contributed by atoms with E-state index in [-0.39, 0.29) is 5.91 Å². The highest BCUT2D eigenvalue weighted by molar-refractivity contribution is 7.15. The predicted octanol–water partition coefficient (Wildman–Crippen LogP) is 3.65.